The van der Waals surface area contributed by atoms with E-state index in [0.29, 0.717) is 0 Å². The molecule has 0 aromatic rings. The SMILES string of the molecule is CC(C)=CCC/C(C)=C\COP(=O)(OCCC#N)OCCC#N. The van der Waals surface area contributed by atoms with Gasteiger partial charge in [-0.25, -0.2) is 4.57 Å². The first kappa shape index (κ1) is 21.6. The van der Waals surface area contributed by atoms with E-state index in [1.54, 1.807) is 0 Å². The van der Waals surface area contributed by atoms with Crippen LogP contribution in [-0.2, 0) is 18.1 Å². The zero-order valence-electron chi connectivity index (χ0n) is 14.1. The third kappa shape index (κ3) is 12.8. The van der Waals surface area contributed by atoms with Gasteiger partial charge in [-0.15, -0.1) is 0 Å². The molecule has 0 amide bonds. The van der Waals surface area contributed by atoms with Crippen molar-refractivity contribution < 1.29 is 18.1 Å². The Kier molecular flexibility index (Phi) is 12.2. The smallest absolute Gasteiger partial charge is 0.286 e. The highest BCUT2D eigenvalue weighted by Crippen LogP contribution is 2.49. The van der Waals surface area contributed by atoms with Crippen molar-refractivity contribution in [2.45, 2.75) is 46.5 Å². The molecule has 0 spiro atoms. The van der Waals surface area contributed by atoms with Crippen LogP contribution in [0.2, 0.25) is 0 Å². The van der Waals surface area contributed by atoms with E-state index in [0.717, 1.165) is 18.4 Å². The highest BCUT2D eigenvalue weighted by Gasteiger charge is 2.25. The van der Waals surface area contributed by atoms with Crippen molar-refractivity contribution in [1.29, 1.82) is 10.5 Å². The Morgan fingerprint density at radius 3 is 2.04 bits per heavy atom. The van der Waals surface area contributed by atoms with E-state index in [9.17, 15) is 4.57 Å². The number of nitriles is 2. The van der Waals surface area contributed by atoms with Crippen LogP contribution in [0.4, 0.5) is 0 Å². The average Bonchev–Trinajstić information content (AvgIpc) is 2.47. The molecule has 0 rings (SSSR count). The number of rotatable bonds is 12. The van der Waals surface area contributed by atoms with Crippen LogP contribution in [0.15, 0.2) is 23.3 Å². The van der Waals surface area contributed by atoms with Crippen molar-refractivity contribution in [3.63, 3.8) is 0 Å². The second-order valence-corrected chi connectivity index (χ2v) is 6.77. The van der Waals surface area contributed by atoms with E-state index in [1.165, 1.54) is 5.57 Å². The van der Waals surface area contributed by atoms with Crippen LogP contribution >= 0.6 is 7.82 Å². The number of allylic oxidation sites excluding steroid dienone is 3. The van der Waals surface area contributed by atoms with Crippen LogP contribution in [0, 0.1) is 22.7 Å². The summed E-state index contributed by atoms with van der Waals surface area (Å²) in [5.74, 6) is 0. The Morgan fingerprint density at radius 2 is 1.57 bits per heavy atom. The molecule has 23 heavy (non-hydrogen) atoms. The lowest BCUT2D eigenvalue weighted by atomic mass is 10.1. The summed E-state index contributed by atoms with van der Waals surface area (Å²) < 4.78 is 27.6. The maximum atomic E-state index is 12.3. The normalized spacial score (nSPS) is 11.6. The standard InChI is InChI=1S/C16H25N2O4P/c1-15(2)7-4-8-16(3)9-14-22-23(19,20-12-5-10-17)21-13-6-11-18/h7,9H,4-6,8,12-14H2,1-3H3/b16-9-. The fourth-order valence-electron chi connectivity index (χ4n) is 1.48. The van der Waals surface area contributed by atoms with E-state index in [1.807, 2.05) is 25.1 Å². The molecule has 0 heterocycles. The second kappa shape index (κ2) is 13.0. The summed E-state index contributed by atoms with van der Waals surface area (Å²) in [6, 6.07) is 3.77. The van der Waals surface area contributed by atoms with Crippen molar-refractivity contribution in [2.24, 2.45) is 0 Å². The molecule has 0 aliphatic heterocycles. The Bertz CT molecular complexity index is 501. The molecule has 128 valence electrons. The number of hydrogen-bond acceptors (Lipinski definition) is 6. The summed E-state index contributed by atoms with van der Waals surface area (Å²) in [4.78, 5) is 0. The number of hydrogen-bond donors (Lipinski definition) is 0. The van der Waals surface area contributed by atoms with Crippen LogP contribution in [0.1, 0.15) is 46.5 Å². The van der Waals surface area contributed by atoms with Crippen molar-refractivity contribution in [1.82, 2.24) is 0 Å². The molecule has 0 saturated heterocycles. The van der Waals surface area contributed by atoms with Crippen LogP contribution in [-0.4, -0.2) is 19.8 Å². The lowest BCUT2D eigenvalue weighted by Crippen LogP contribution is -2.03. The number of phosphoric ester groups is 1. The summed E-state index contributed by atoms with van der Waals surface area (Å²) >= 11 is 0. The number of nitrogens with zero attached hydrogens (tertiary/aromatic N) is 2. The first-order chi connectivity index (χ1) is 10.9. The maximum absolute atomic E-state index is 12.3. The Morgan fingerprint density at radius 1 is 1.00 bits per heavy atom. The van der Waals surface area contributed by atoms with E-state index in [4.69, 9.17) is 24.1 Å². The summed E-state index contributed by atoms with van der Waals surface area (Å²) in [5, 5.41) is 17.0. The van der Waals surface area contributed by atoms with Gasteiger partial charge in [0.15, 0.2) is 0 Å². The molecule has 0 aliphatic rings. The largest absolute Gasteiger partial charge is 0.475 e. The van der Waals surface area contributed by atoms with Crippen LogP contribution in [0.3, 0.4) is 0 Å². The molecular weight excluding hydrogens is 315 g/mol. The van der Waals surface area contributed by atoms with Crippen molar-refractivity contribution in [2.75, 3.05) is 19.8 Å². The molecular formula is C16H25N2O4P. The quantitative estimate of drug-likeness (QED) is 0.291. The summed E-state index contributed by atoms with van der Waals surface area (Å²) in [6.45, 7) is 6.09. The molecule has 0 aromatic carbocycles. The van der Waals surface area contributed by atoms with Gasteiger partial charge >= 0.3 is 7.82 Å². The summed E-state index contributed by atoms with van der Waals surface area (Å²) in [5.41, 5.74) is 2.39. The number of phosphoric acid groups is 1. The molecule has 0 saturated carbocycles. The van der Waals surface area contributed by atoms with Gasteiger partial charge < -0.3 is 0 Å². The molecule has 7 heteroatoms. The van der Waals surface area contributed by atoms with E-state index < -0.39 is 7.82 Å². The molecule has 0 unspecified atom stereocenters. The van der Waals surface area contributed by atoms with Crippen molar-refractivity contribution >= 4 is 7.82 Å². The van der Waals surface area contributed by atoms with Gasteiger partial charge in [-0.3, -0.25) is 13.6 Å². The van der Waals surface area contributed by atoms with E-state index in [2.05, 4.69) is 19.9 Å². The van der Waals surface area contributed by atoms with Gasteiger partial charge in [0, 0.05) is 0 Å². The highest BCUT2D eigenvalue weighted by molar-refractivity contribution is 7.48. The summed E-state index contributed by atoms with van der Waals surface area (Å²) in [6.07, 6.45) is 5.99. The van der Waals surface area contributed by atoms with Gasteiger partial charge in [0.1, 0.15) is 0 Å². The zero-order valence-corrected chi connectivity index (χ0v) is 15.0. The van der Waals surface area contributed by atoms with E-state index >= 15 is 0 Å². The van der Waals surface area contributed by atoms with Gasteiger partial charge in [-0.1, -0.05) is 23.3 Å². The Hall–Kier alpha value is -1.43. The van der Waals surface area contributed by atoms with Crippen molar-refractivity contribution in [3.8, 4) is 12.1 Å². The minimum Gasteiger partial charge on any atom is -0.286 e. The Balaban J connectivity index is 4.41. The minimum absolute atomic E-state index is 0.0381. The van der Waals surface area contributed by atoms with Gasteiger partial charge in [0.25, 0.3) is 0 Å². The van der Waals surface area contributed by atoms with Crippen LogP contribution < -0.4 is 0 Å². The van der Waals surface area contributed by atoms with E-state index in [-0.39, 0.29) is 32.7 Å². The molecule has 0 radical (unpaired) electrons. The molecule has 0 aromatic heterocycles. The van der Waals surface area contributed by atoms with Gasteiger partial charge in [-0.05, 0) is 33.6 Å². The van der Waals surface area contributed by atoms with Crippen molar-refractivity contribution in [3.05, 3.63) is 23.3 Å². The topological polar surface area (TPSA) is 92.3 Å². The fraction of sp³-hybridized carbons (Fsp3) is 0.625. The lowest BCUT2D eigenvalue weighted by molar-refractivity contribution is 0.125. The van der Waals surface area contributed by atoms with Crippen LogP contribution in [0.25, 0.3) is 0 Å². The second-order valence-electron chi connectivity index (χ2n) is 5.10. The monoisotopic (exact) mass is 340 g/mol. The predicted octanol–water partition coefficient (Wildman–Crippen LogP) is 4.66. The van der Waals surface area contributed by atoms with Crippen LogP contribution in [0.5, 0.6) is 0 Å². The third-order valence-electron chi connectivity index (χ3n) is 2.68. The van der Waals surface area contributed by atoms with Gasteiger partial charge in [0.05, 0.1) is 44.8 Å². The van der Waals surface area contributed by atoms with Gasteiger partial charge in [0.2, 0.25) is 0 Å². The molecule has 0 aliphatic carbocycles. The average molecular weight is 340 g/mol. The Labute approximate surface area is 139 Å². The predicted molar refractivity (Wildman–Crippen MR) is 88.3 cm³/mol. The first-order valence-corrected chi connectivity index (χ1v) is 8.96. The molecule has 0 atom stereocenters. The molecule has 0 fully saturated rings. The zero-order chi connectivity index (χ0) is 17.6. The third-order valence-corrected chi connectivity index (χ3v) is 4.15. The molecule has 6 nitrogen and oxygen atoms in total. The maximum Gasteiger partial charge on any atom is 0.475 e. The van der Waals surface area contributed by atoms with Gasteiger partial charge in [-0.2, -0.15) is 10.5 Å². The molecule has 0 bridgehead atoms. The lowest BCUT2D eigenvalue weighted by Gasteiger charge is -2.16. The minimum atomic E-state index is -3.74. The molecule has 0 N–H and O–H groups in total. The summed E-state index contributed by atoms with van der Waals surface area (Å²) in [7, 11) is -3.74. The first-order valence-electron chi connectivity index (χ1n) is 7.50. The fourth-order valence-corrected chi connectivity index (χ4v) is 2.59. The highest BCUT2D eigenvalue weighted by atomic mass is 31.2.